The van der Waals surface area contributed by atoms with Gasteiger partial charge in [-0.1, -0.05) is 11.8 Å². The van der Waals surface area contributed by atoms with Gasteiger partial charge in [-0.3, -0.25) is 9.78 Å². The lowest BCUT2D eigenvalue weighted by atomic mass is 10.1. The van der Waals surface area contributed by atoms with Gasteiger partial charge in [0.25, 0.3) is 5.91 Å². The molecule has 0 aliphatic rings. The Morgan fingerprint density at radius 2 is 2.35 bits per heavy atom. The van der Waals surface area contributed by atoms with E-state index in [0.717, 1.165) is 11.4 Å². The molecule has 2 heterocycles. The van der Waals surface area contributed by atoms with Gasteiger partial charge in [0.2, 0.25) is 0 Å². The van der Waals surface area contributed by atoms with E-state index in [2.05, 4.69) is 27.1 Å². The van der Waals surface area contributed by atoms with Gasteiger partial charge in [0.05, 0.1) is 22.7 Å². The van der Waals surface area contributed by atoms with Gasteiger partial charge >= 0.3 is 0 Å². The maximum Gasteiger partial charge on any atom is 0.252 e. The van der Waals surface area contributed by atoms with Crippen molar-refractivity contribution in [1.82, 2.24) is 15.3 Å². The second-order valence-electron chi connectivity index (χ2n) is 3.86. The molecule has 6 heteroatoms. The van der Waals surface area contributed by atoms with E-state index in [1.54, 1.807) is 36.0 Å². The highest BCUT2D eigenvalue weighted by Crippen LogP contribution is 2.06. The quantitative estimate of drug-likeness (QED) is 0.815. The third-order valence-electron chi connectivity index (χ3n) is 2.50. The molecule has 0 spiro atoms. The van der Waals surface area contributed by atoms with Crippen molar-refractivity contribution < 1.29 is 4.79 Å². The predicted molar refractivity (Wildman–Crippen MR) is 78.3 cm³/mol. The number of hydrogen-bond donors (Lipinski definition) is 2. The summed E-state index contributed by atoms with van der Waals surface area (Å²) in [4.78, 5) is 20.2. The van der Waals surface area contributed by atoms with Crippen LogP contribution in [0.4, 0.5) is 0 Å². The largest absolute Gasteiger partial charge is 0.352 e. The summed E-state index contributed by atoms with van der Waals surface area (Å²) >= 11 is 1.58. The van der Waals surface area contributed by atoms with Crippen LogP contribution in [-0.2, 0) is 6.42 Å². The van der Waals surface area contributed by atoms with E-state index in [9.17, 15) is 4.79 Å². The van der Waals surface area contributed by atoms with Crippen LogP contribution in [0.3, 0.4) is 0 Å². The molecule has 1 amide bonds. The SMILES string of the molecule is NCC#Cc1cnccc1C(=O)NCCc1nccs1. The van der Waals surface area contributed by atoms with Crippen LogP contribution < -0.4 is 11.1 Å². The Balaban J connectivity index is 1.98. The predicted octanol–water partition coefficient (Wildman–Crippen LogP) is 0.821. The van der Waals surface area contributed by atoms with Gasteiger partial charge in [-0.2, -0.15) is 0 Å². The van der Waals surface area contributed by atoms with Crippen LogP contribution in [0.1, 0.15) is 20.9 Å². The molecule has 2 aromatic rings. The van der Waals surface area contributed by atoms with E-state index < -0.39 is 0 Å². The van der Waals surface area contributed by atoms with Crippen molar-refractivity contribution in [2.75, 3.05) is 13.1 Å². The summed E-state index contributed by atoms with van der Waals surface area (Å²) in [6.07, 6.45) is 5.62. The van der Waals surface area contributed by atoms with Gasteiger partial charge in [0.1, 0.15) is 0 Å². The molecule has 0 bridgehead atoms. The van der Waals surface area contributed by atoms with Gasteiger partial charge in [-0.25, -0.2) is 4.98 Å². The van der Waals surface area contributed by atoms with Crippen molar-refractivity contribution in [2.45, 2.75) is 6.42 Å². The maximum absolute atomic E-state index is 12.1. The number of carbonyl (C=O) groups is 1. The summed E-state index contributed by atoms with van der Waals surface area (Å²) < 4.78 is 0. The smallest absolute Gasteiger partial charge is 0.252 e. The zero-order valence-electron chi connectivity index (χ0n) is 10.8. The minimum atomic E-state index is -0.162. The third-order valence-corrected chi connectivity index (χ3v) is 3.34. The van der Waals surface area contributed by atoms with Gasteiger partial charge in [0.15, 0.2) is 0 Å². The second-order valence-corrected chi connectivity index (χ2v) is 4.84. The molecule has 0 saturated carbocycles. The highest BCUT2D eigenvalue weighted by atomic mass is 32.1. The number of amides is 1. The fraction of sp³-hybridized carbons (Fsp3) is 0.214. The zero-order chi connectivity index (χ0) is 14.2. The lowest BCUT2D eigenvalue weighted by molar-refractivity contribution is 0.0954. The number of hydrogen-bond acceptors (Lipinski definition) is 5. The molecule has 0 aliphatic carbocycles. The molecule has 0 aliphatic heterocycles. The number of carbonyl (C=O) groups excluding carboxylic acids is 1. The number of pyridine rings is 1. The molecular weight excluding hydrogens is 272 g/mol. The summed E-state index contributed by atoms with van der Waals surface area (Å²) in [6, 6.07) is 1.65. The van der Waals surface area contributed by atoms with Crippen molar-refractivity contribution in [2.24, 2.45) is 5.73 Å². The average Bonchev–Trinajstić information content (AvgIpc) is 2.98. The topological polar surface area (TPSA) is 80.9 Å². The fourth-order valence-corrected chi connectivity index (χ4v) is 2.21. The third kappa shape index (κ3) is 3.88. The Morgan fingerprint density at radius 1 is 1.45 bits per heavy atom. The van der Waals surface area contributed by atoms with Crippen molar-refractivity contribution in [3.8, 4) is 11.8 Å². The van der Waals surface area contributed by atoms with E-state index in [1.165, 1.54) is 0 Å². The number of nitrogens with zero attached hydrogens (tertiary/aromatic N) is 2. The number of aromatic nitrogens is 2. The molecule has 5 nitrogen and oxygen atoms in total. The highest BCUT2D eigenvalue weighted by molar-refractivity contribution is 7.09. The van der Waals surface area contributed by atoms with Crippen LogP contribution in [0.15, 0.2) is 30.0 Å². The van der Waals surface area contributed by atoms with Crippen LogP contribution in [0.25, 0.3) is 0 Å². The summed E-state index contributed by atoms with van der Waals surface area (Å²) in [6.45, 7) is 0.790. The van der Waals surface area contributed by atoms with Crippen molar-refractivity contribution >= 4 is 17.2 Å². The summed E-state index contributed by atoms with van der Waals surface area (Å²) in [7, 11) is 0. The van der Waals surface area contributed by atoms with E-state index in [0.29, 0.717) is 17.7 Å². The molecule has 0 aromatic carbocycles. The molecule has 0 unspecified atom stereocenters. The van der Waals surface area contributed by atoms with Crippen molar-refractivity contribution in [3.05, 3.63) is 46.2 Å². The molecule has 2 rings (SSSR count). The minimum Gasteiger partial charge on any atom is -0.352 e. The Kier molecular flexibility index (Phi) is 5.24. The first-order valence-electron chi connectivity index (χ1n) is 6.11. The first-order chi connectivity index (χ1) is 9.81. The van der Waals surface area contributed by atoms with Crippen LogP contribution in [0.5, 0.6) is 0 Å². The summed E-state index contributed by atoms with van der Waals surface area (Å²) in [5.41, 5.74) is 6.44. The molecule has 0 atom stereocenters. The van der Waals surface area contributed by atoms with Gasteiger partial charge in [0, 0.05) is 36.9 Å². The van der Waals surface area contributed by atoms with Crippen LogP contribution in [0.2, 0.25) is 0 Å². The molecule has 0 fully saturated rings. The lowest BCUT2D eigenvalue weighted by Crippen LogP contribution is -2.26. The number of thiazole rings is 1. The average molecular weight is 286 g/mol. The number of nitrogens with one attached hydrogen (secondary N) is 1. The van der Waals surface area contributed by atoms with Crippen molar-refractivity contribution in [3.63, 3.8) is 0 Å². The minimum absolute atomic E-state index is 0.162. The van der Waals surface area contributed by atoms with E-state index in [1.807, 2.05) is 5.38 Å². The summed E-state index contributed by atoms with van der Waals surface area (Å²) in [5, 5.41) is 5.78. The number of rotatable bonds is 4. The molecule has 102 valence electrons. The van der Waals surface area contributed by atoms with Gasteiger partial charge in [-0.15, -0.1) is 11.3 Å². The Morgan fingerprint density at radius 3 is 3.10 bits per heavy atom. The van der Waals surface area contributed by atoms with E-state index in [-0.39, 0.29) is 12.5 Å². The molecule has 2 aromatic heterocycles. The van der Waals surface area contributed by atoms with Gasteiger partial charge < -0.3 is 11.1 Å². The van der Waals surface area contributed by atoms with Crippen LogP contribution >= 0.6 is 11.3 Å². The van der Waals surface area contributed by atoms with Crippen LogP contribution in [0, 0.1) is 11.8 Å². The lowest BCUT2D eigenvalue weighted by Gasteiger charge is -2.05. The monoisotopic (exact) mass is 286 g/mol. The first-order valence-corrected chi connectivity index (χ1v) is 6.98. The first kappa shape index (κ1) is 14.2. The van der Waals surface area contributed by atoms with Gasteiger partial charge in [-0.05, 0) is 6.07 Å². The van der Waals surface area contributed by atoms with Crippen molar-refractivity contribution in [1.29, 1.82) is 0 Å². The van der Waals surface area contributed by atoms with E-state index >= 15 is 0 Å². The maximum atomic E-state index is 12.1. The molecule has 20 heavy (non-hydrogen) atoms. The normalized spacial score (nSPS) is 9.65. The zero-order valence-corrected chi connectivity index (χ0v) is 11.6. The molecule has 0 radical (unpaired) electrons. The Hall–Kier alpha value is -2.23. The molecule has 3 N–H and O–H groups in total. The Bertz CT molecular complexity index is 628. The molecular formula is C14H14N4OS. The van der Waals surface area contributed by atoms with Crippen LogP contribution in [-0.4, -0.2) is 29.0 Å². The number of nitrogens with two attached hydrogens (primary N) is 1. The van der Waals surface area contributed by atoms with E-state index in [4.69, 9.17) is 5.73 Å². The molecule has 0 saturated heterocycles. The Labute approximate surface area is 121 Å². The second kappa shape index (κ2) is 7.38. The standard InChI is InChI=1S/C14H14N4OS/c15-5-1-2-11-10-16-6-3-12(11)14(19)18-7-4-13-17-8-9-20-13/h3,6,8-10H,4-5,7,15H2,(H,18,19). The highest BCUT2D eigenvalue weighted by Gasteiger charge is 2.09. The fourth-order valence-electron chi connectivity index (χ4n) is 1.59. The summed E-state index contributed by atoms with van der Waals surface area (Å²) in [5.74, 6) is 5.42.